The van der Waals surface area contributed by atoms with Crippen LogP contribution in [0.4, 0.5) is 0 Å². The van der Waals surface area contributed by atoms with Crippen LogP contribution >= 0.6 is 0 Å². The number of carbonyl (C=O) groups excluding carboxylic acids is 1. The predicted octanol–water partition coefficient (Wildman–Crippen LogP) is 3.08. The molecule has 0 saturated carbocycles. The molecule has 0 saturated heterocycles. The molecule has 102 valence electrons. The van der Waals surface area contributed by atoms with Crippen molar-refractivity contribution in [3.63, 3.8) is 0 Å². The molecule has 2 rings (SSSR count). The second-order valence-corrected chi connectivity index (χ2v) is 4.76. The van der Waals surface area contributed by atoms with Crippen molar-refractivity contribution in [3.05, 3.63) is 71.3 Å². The monoisotopic (exact) mass is 266 g/mol. The molecule has 3 heteroatoms. The summed E-state index contributed by atoms with van der Waals surface area (Å²) < 4.78 is 0. The summed E-state index contributed by atoms with van der Waals surface area (Å²) in [5.41, 5.74) is 6.58. The summed E-state index contributed by atoms with van der Waals surface area (Å²) in [6.07, 6.45) is 0.339. The minimum Gasteiger partial charge on any atom is -0.273 e. The lowest BCUT2D eigenvalue weighted by molar-refractivity contribution is -0.120. The van der Waals surface area contributed by atoms with Gasteiger partial charge in [-0.05, 0) is 25.0 Å². The Bertz CT molecular complexity index is 601. The molecule has 0 radical (unpaired) electrons. The molecule has 1 amide bonds. The van der Waals surface area contributed by atoms with Crippen LogP contribution in [-0.2, 0) is 11.2 Å². The molecule has 0 fully saturated rings. The van der Waals surface area contributed by atoms with Crippen LogP contribution in [0.15, 0.2) is 59.7 Å². The molecule has 0 bridgehead atoms. The first-order chi connectivity index (χ1) is 9.65. The van der Waals surface area contributed by atoms with Crippen molar-refractivity contribution in [2.45, 2.75) is 20.3 Å². The Morgan fingerprint density at radius 1 is 1.05 bits per heavy atom. The molecule has 2 aromatic carbocycles. The summed E-state index contributed by atoms with van der Waals surface area (Å²) in [4.78, 5) is 11.8. The number of amides is 1. The quantitative estimate of drug-likeness (QED) is 0.670. The van der Waals surface area contributed by atoms with Gasteiger partial charge in [-0.1, -0.05) is 60.2 Å². The van der Waals surface area contributed by atoms with Gasteiger partial charge < -0.3 is 0 Å². The Morgan fingerprint density at radius 3 is 2.35 bits per heavy atom. The molecule has 0 atom stereocenters. The van der Waals surface area contributed by atoms with Gasteiger partial charge in [0.1, 0.15) is 0 Å². The first-order valence-electron chi connectivity index (χ1n) is 6.59. The molecule has 0 aliphatic heterocycles. The highest BCUT2D eigenvalue weighted by Crippen LogP contribution is 2.04. The van der Waals surface area contributed by atoms with E-state index in [1.54, 1.807) is 0 Å². The van der Waals surface area contributed by atoms with Gasteiger partial charge in [-0.15, -0.1) is 0 Å². The Balaban J connectivity index is 1.95. The second kappa shape index (κ2) is 6.66. The highest BCUT2D eigenvalue weighted by atomic mass is 16.2. The van der Waals surface area contributed by atoms with E-state index >= 15 is 0 Å². The van der Waals surface area contributed by atoms with Crippen LogP contribution in [0.1, 0.15) is 23.6 Å². The Labute approximate surface area is 119 Å². The van der Waals surface area contributed by atoms with Crippen LogP contribution in [0, 0.1) is 6.92 Å². The summed E-state index contributed by atoms with van der Waals surface area (Å²) in [5.74, 6) is -0.109. The predicted molar refractivity (Wildman–Crippen MR) is 81.7 cm³/mol. The zero-order valence-corrected chi connectivity index (χ0v) is 11.8. The van der Waals surface area contributed by atoms with E-state index in [2.05, 4.69) is 10.5 Å². The van der Waals surface area contributed by atoms with E-state index in [0.717, 1.165) is 16.8 Å². The molecule has 2 aromatic rings. The van der Waals surface area contributed by atoms with Gasteiger partial charge in [-0.2, -0.15) is 5.10 Å². The van der Waals surface area contributed by atoms with Crippen LogP contribution in [0.2, 0.25) is 0 Å². The molecule has 1 N–H and O–H groups in total. The van der Waals surface area contributed by atoms with Crippen molar-refractivity contribution in [1.82, 2.24) is 5.43 Å². The maximum Gasteiger partial charge on any atom is 0.244 e. The van der Waals surface area contributed by atoms with Crippen molar-refractivity contribution in [2.75, 3.05) is 0 Å². The number of rotatable bonds is 4. The zero-order valence-electron chi connectivity index (χ0n) is 11.8. The highest BCUT2D eigenvalue weighted by Gasteiger charge is 2.02. The van der Waals surface area contributed by atoms with Crippen molar-refractivity contribution in [2.24, 2.45) is 5.10 Å². The van der Waals surface area contributed by atoms with Crippen LogP contribution in [0.5, 0.6) is 0 Å². The summed E-state index contributed by atoms with van der Waals surface area (Å²) in [5, 5.41) is 4.14. The smallest absolute Gasteiger partial charge is 0.244 e. The molecular weight excluding hydrogens is 248 g/mol. The number of hydrogen-bond donors (Lipinski definition) is 1. The van der Waals surface area contributed by atoms with E-state index in [1.165, 1.54) is 5.56 Å². The third kappa shape index (κ3) is 4.05. The van der Waals surface area contributed by atoms with E-state index < -0.39 is 0 Å². The van der Waals surface area contributed by atoms with Crippen LogP contribution in [0.3, 0.4) is 0 Å². The van der Waals surface area contributed by atoms with Gasteiger partial charge in [0.25, 0.3) is 0 Å². The lowest BCUT2D eigenvalue weighted by Crippen LogP contribution is -2.21. The molecule has 0 aromatic heterocycles. The van der Waals surface area contributed by atoms with Gasteiger partial charge in [0.2, 0.25) is 5.91 Å². The van der Waals surface area contributed by atoms with Crippen LogP contribution in [0.25, 0.3) is 0 Å². The summed E-state index contributed by atoms with van der Waals surface area (Å²) in [7, 11) is 0. The van der Waals surface area contributed by atoms with E-state index in [0.29, 0.717) is 6.42 Å². The first-order valence-corrected chi connectivity index (χ1v) is 6.59. The lowest BCUT2D eigenvalue weighted by atomic mass is 10.1. The normalized spacial score (nSPS) is 11.2. The number of hydrazone groups is 1. The van der Waals surface area contributed by atoms with E-state index in [-0.39, 0.29) is 5.91 Å². The average molecular weight is 266 g/mol. The van der Waals surface area contributed by atoms with Gasteiger partial charge in [0, 0.05) is 0 Å². The fraction of sp³-hybridized carbons (Fsp3) is 0.176. The average Bonchev–Trinajstić information content (AvgIpc) is 2.46. The van der Waals surface area contributed by atoms with Crippen molar-refractivity contribution in [3.8, 4) is 0 Å². The third-order valence-corrected chi connectivity index (χ3v) is 3.03. The third-order valence-electron chi connectivity index (χ3n) is 3.03. The standard InChI is InChI=1S/C17H18N2O/c1-13-8-10-16(11-9-13)14(2)18-19-17(20)12-15-6-4-3-5-7-15/h3-11H,12H2,1-2H3,(H,19,20). The van der Waals surface area contributed by atoms with Gasteiger partial charge in [0.05, 0.1) is 12.1 Å². The highest BCUT2D eigenvalue weighted by molar-refractivity contribution is 5.99. The van der Waals surface area contributed by atoms with Crippen molar-refractivity contribution < 1.29 is 4.79 Å². The topological polar surface area (TPSA) is 41.5 Å². The summed E-state index contributed by atoms with van der Waals surface area (Å²) in [6, 6.07) is 17.7. The molecule has 0 aliphatic carbocycles. The second-order valence-electron chi connectivity index (χ2n) is 4.76. The Kier molecular flexibility index (Phi) is 4.66. The maximum atomic E-state index is 11.8. The van der Waals surface area contributed by atoms with Crippen molar-refractivity contribution in [1.29, 1.82) is 0 Å². The first kappa shape index (κ1) is 14.0. The van der Waals surface area contributed by atoms with Gasteiger partial charge in [0.15, 0.2) is 0 Å². The number of aryl methyl sites for hydroxylation is 1. The Hall–Kier alpha value is -2.42. The minimum absolute atomic E-state index is 0.109. The number of benzene rings is 2. The summed E-state index contributed by atoms with van der Waals surface area (Å²) >= 11 is 0. The molecule has 0 spiro atoms. The molecule has 0 heterocycles. The fourth-order valence-electron chi connectivity index (χ4n) is 1.83. The number of carbonyl (C=O) groups is 1. The SMILES string of the molecule is CC(=NNC(=O)Cc1ccccc1)c1ccc(C)cc1. The largest absolute Gasteiger partial charge is 0.273 e. The minimum atomic E-state index is -0.109. The molecule has 0 unspecified atom stereocenters. The van der Waals surface area contributed by atoms with E-state index in [9.17, 15) is 4.79 Å². The Morgan fingerprint density at radius 2 is 1.70 bits per heavy atom. The number of nitrogens with one attached hydrogen (secondary N) is 1. The lowest BCUT2D eigenvalue weighted by Gasteiger charge is -2.03. The molecule has 0 aliphatic rings. The molecular formula is C17H18N2O. The fourth-order valence-corrected chi connectivity index (χ4v) is 1.83. The number of hydrogen-bond acceptors (Lipinski definition) is 2. The van der Waals surface area contributed by atoms with Crippen LogP contribution in [-0.4, -0.2) is 11.6 Å². The van der Waals surface area contributed by atoms with Gasteiger partial charge >= 0.3 is 0 Å². The number of nitrogens with zero attached hydrogens (tertiary/aromatic N) is 1. The zero-order chi connectivity index (χ0) is 14.4. The van der Waals surface area contributed by atoms with Crippen molar-refractivity contribution >= 4 is 11.6 Å². The van der Waals surface area contributed by atoms with Crippen LogP contribution < -0.4 is 5.43 Å². The van der Waals surface area contributed by atoms with E-state index in [1.807, 2.05) is 68.4 Å². The van der Waals surface area contributed by atoms with Gasteiger partial charge in [-0.25, -0.2) is 5.43 Å². The molecule has 3 nitrogen and oxygen atoms in total. The summed E-state index contributed by atoms with van der Waals surface area (Å²) in [6.45, 7) is 3.92. The maximum absolute atomic E-state index is 11.8. The van der Waals surface area contributed by atoms with Gasteiger partial charge in [-0.3, -0.25) is 4.79 Å². The van der Waals surface area contributed by atoms with E-state index in [4.69, 9.17) is 0 Å². The molecule has 20 heavy (non-hydrogen) atoms.